The highest BCUT2D eigenvalue weighted by Crippen LogP contribution is 2.24. The molecule has 0 spiro atoms. The molecule has 94 valence electrons. The molecular weight excluding hydrogens is 214 g/mol. The first-order valence-electron chi connectivity index (χ1n) is 6.20. The number of hydrogen-bond donors (Lipinski definition) is 0. The molecular formula is C14H21NO2. The molecule has 1 aliphatic rings. The van der Waals surface area contributed by atoms with Crippen molar-refractivity contribution in [2.75, 3.05) is 27.3 Å². The van der Waals surface area contributed by atoms with Crippen molar-refractivity contribution in [3.8, 4) is 5.75 Å². The Morgan fingerprint density at radius 2 is 1.94 bits per heavy atom. The number of likely N-dealkylation sites (N-methyl/N-ethyl adjacent to an activating group) is 1. The standard InChI is InChI=1S/C14H21NO2/c1-15(13-5-6-13)9-10-17-11-12-3-7-14(16-2)8-4-12/h3-4,7-8,13H,5-6,9-11H2,1-2H3. The fourth-order valence-corrected chi connectivity index (χ4v) is 1.82. The van der Waals surface area contributed by atoms with Gasteiger partial charge in [0.2, 0.25) is 0 Å². The lowest BCUT2D eigenvalue weighted by molar-refractivity contribution is 0.0978. The molecule has 1 saturated carbocycles. The van der Waals surface area contributed by atoms with E-state index in [0.717, 1.165) is 24.9 Å². The lowest BCUT2D eigenvalue weighted by Gasteiger charge is -2.15. The molecule has 0 bridgehead atoms. The lowest BCUT2D eigenvalue weighted by Crippen LogP contribution is -2.25. The van der Waals surface area contributed by atoms with Crippen LogP contribution in [0.3, 0.4) is 0 Å². The molecule has 3 nitrogen and oxygen atoms in total. The quantitative estimate of drug-likeness (QED) is 0.677. The van der Waals surface area contributed by atoms with Crippen LogP contribution in [0.25, 0.3) is 0 Å². The summed E-state index contributed by atoms with van der Waals surface area (Å²) in [5, 5.41) is 0. The van der Waals surface area contributed by atoms with Crippen LogP contribution in [0.5, 0.6) is 5.75 Å². The SMILES string of the molecule is COc1ccc(COCCN(C)C2CC2)cc1. The fraction of sp³-hybridized carbons (Fsp3) is 0.571. The number of methoxy groups -OCH3 is 1. The van der Waals surface area contributed by atoms with Gasteiger partial charge in [-0.25, -0.2) is 0 Å². The van der Waals surface area contributed by atoms with Crippen LogP contribution in [-0.2, 0) is 11.3 Å². The molecule has 0 radical (unpaired) electrons. The summed E-state index contributed by atoms with van der Waals surface area (Å²) in [7, 11) is 3.85. The van der Waals surface area contributed by atoms with E-state index in [9.17, 15) is 0 Å². The second kappa shape index (κ2) is 6.03. The van der Waals surface area contributed by atoms with Gasteiger partial charge in [0, 0.05) is 12.6 Å². The average Bonchev–Trinajstić information content (AvgIpc) is 3.19. The summed E-state index contributed by atoms with van der Waals surface area (Å²) in [6.07, 6.45) is 2.71. The topological polar surface area (TPSA) is 21.7 Å². The minimum absolute atomic E-state index is 0.683. The Bertz CT molecular complexity index is 333. The highest BCUT2D eigenvalue weighted by atomic mass is 16.5. The van der Waals surface area contributed by atoms with E-state index < -0.39 is 0 Å². The molecule has 0 saturated heterocycles. The van der Waals surface area contributed by atoms with Gasteiger partial charge in [-0.1, -0.05) is 12.1 Å². The first-order valence-corrected chi connectivity index (χ1v) is 6.20. The van der Waals surface area contributed by atoms with Crippen LogP contribution in [0.1, 0.15) is 18.4 Å². The Morgan fingerprint density at radius 1 is 1.24 bits per heavy atom. The van der Waals surface area contributed by atoms with Gasteiger partial charge in [0.05, 0.1) is 20.3 Å². The largest absolute Gasteiger partial charge is 0.497 e. The third-order valence-corrected chi connectivity index (χ3v) is 3.19. The smallest absolute Gasteiger partial charge is 0.118 e. The zero-order chi connectivity index (χ0) is 12.1. The van der Waals surface area contributed by atoms with Crippen LogP contribution in [0.15, 0.2) is 24.3 Å². The zero-order valence-electron chi connectivity index (χ0n) is 10.7. The van der Waals surface area contributed by atoms with Gasteiger partial charge in [-0.3, -0.25) is 0 Å². The predicted octanol–water partition coefficient (Wildman–Crippen LogP) is 2.31. The Balaban J connectivity index is 1.63. The van der Waals surface area contributed by atoms with Gasteiger partial charge < -0.3 is 14.4 Å². The van der Waals surface area contributed by atoms with E-state index >= 15 is 0 Å². The van der Waals surface area contributed by atoms with E-state index in [1.54, 1.807) is 7.11 Å². The van der Waals surface area contributed by atoms with E-state index in [0.29, 0.717) is 6.61 Å². The molecule has 0 amide bonds. The molecule has 17 heavy (non-hydrogen) atoms. The van der Waals surface area contributed by atoms with Crippen molar-refractivity contribution in [1.29, 1.82) is 0 Å². The minimum atomic E-state index is 0.683. The summed E-state index contributed by atoms with van der Waals surface area (Å²) >= 11 is 0. The highest BCUT2D eigenvalue weighted by molar-refractivity contribution is 5.26. The maximum Gasteiger partial charge on any atom is 0.118 e. The second-order valence-corrected chi connectivity index (χ2v) is 4.61. The van der Waals surface area contributed by atoms with E-state index in [-0.39, 0.29) is 0 Å². The fourth-order valence-electron chi connectivity index (χ4n) is 1.82. The van der Waals surface area contributed by atoms with Crippen molar-refractivity contribution in [2.45, 2.75) is 25.5 Å². The molecule has 1 aromatic carbocycles. The van der Waals surface area contributed by atoms with Crippen LogP contribution < -0.4 is 4.74 Å². The molecule has 0 unspecified atom stereocenters. The van der Waals surface area contributed by atoms with Crippen LogP contribution in [-0.4, -0.2) is 38.3 Å². The van der Waals surface area contributed by atoms with Crippen molar-refractivity contribution in [2.24, 2.45) is 0 Å². The summed E-state index contributed by atoms with van der Waals surface area (Å²) in [5.74, 6) is 0.891. The molecule has 1 aliphatic carbocycles. The molecule has 2 rings (SSSR count). The predicted molar refractivity (Wildman–Crippen MR) is 68.3 cm³/mol. The van der Waals surface area contributed by atoms with Crippen LogP contribution in [0.2, 0.25) is 0 Å². The van der Waals surface area contributed by atoms with E-state index in [1.165, 1.54) is 18.4 Å². The summed E-state index contributed by atoms with van der Waals surface area (Å²) < 4.78 is 10.8. The van der Waals surface area contributed by atoms with Gasteiger partial charge in [-0.2, -0.15) is 0 Å². The molecule has 0 heterocycles. The van der Waals surface area contributed by atoms with E-state index in [2.05, 4.69) is 11.9 Å². The van der Waals surface area contributed by atoms with Crippen LogP contribution in [0, 0.1) is 0 Å². The van der Waals surface area contributed by atoms with Gasteiger partial charge in [-0.15, -0.1) is 0 Å². The van der Waals surface area contributed by atoms with Crippen molar-refractivity contribution < 1.29 is 9.47 Å². The van der Waals surface area contributed by atoms with E-state index in [4.69, 9.17) is 9.47 Å². The van der Waals surface area contributed by atoms with Gasteiger partial charge in [0.1, 0.15) is 5.75 Å². The first kappa shape index (κ1) is 12.4. The van der Waals surface area contributed by atoms with Crippen molar-refractivity contribution in [3.05, 3.63) is 29.8 Å². The summed E-state index contributed by atoms with van der Waals surface area (Å²) in [5.41, 5.74) is 1.19. The highest BCUT2D eigenvalue weighted by Gasteiger charge is 2.25. The van der Waals surface area contributed by atoms with Crippen molar-refractivity contribution in [3.63, 3.8) is 0 Å². The Morgan fingerprint density at radius 3 is 2.53 bits per heavy atom. The first-order chi connectivity index (χ1) is 8.29. The third kappa shape index (κ3) is 4.02. The van der Waals surface area contributed by atoms with Crippen molar-refractivity contribution >= 4 is 0 Å². The molecule has 0 atom stereocenters. The summed E-state index contributed by atoms with van der Waals surface area (Å²) in [6.45, 7) is 2.52. The van der Waals surface area contributed by atoms with Gasteiger partial charge in [0.15, 0.2) is 0 Å². The Kier molecular flexibility index (Phi) is 4.40. The molecule has 1 fully saturated rings. The number of rotatable bonds is 7. The zero-order valence-corrected chi connectivity index (χ0v) is 10.7. The maximum absolute atomic E-state index is 5.66. The summed E-state index contributed by atoms with van der Waals surface area (Å²) in [4.78, 5) is 2.38. The Labute approximate surface area is 103 Å². The Hall–Kier alpha value is -1.06. The average molecular weight is 235 g/mol. The van der Waals surface area contributed by atoms with Crippen LogP contribution >= 0.6 is 0 Å². The molecule has 0 aromatic heterocycles. The lowest BCUT2D eigenvalue weighted by atomic mass is 10.2. The summed E-state index contributed by atoms with van der Waals surface area (Å²) in [6, 6.07) is 8.84. The molecule has 1 aromatic rings. The monoisotopic (exact) mass is 235 g/mol. The van der Waals surface area contributed by atoms with Gasteiger partial charge in [0.25, 0.3) is 0 Å². The second-order valence-electron chi connectivity index (χ2n) is 4.61. The number of ether oxygens (including phenoxy) is 2. The third-order valence-electron chi connectivity index (χ3n) is 3.19. The maximum atomic E-state index is 5.66. The number of benzene rings is 1. The minimum Gasteiger partial charge on any atom is -0.497 e. The van der Waals surface area contributed by atoms with Crippen molar-refractivity contribution in [1.82, 2.24) is 4.90 Å². The number of hydrogen-bond acceptors (Lipinski definition) is 3. The molecule has 3 heteroatoms. The normalized spacial score (nSPS) is 15.2. The number of nitrogens with zero attached hydrogens (tertiary/aromatic N) is 1. The van der Waals surface area contributed by atoms with E-state index in [1.807, 2.05) is 24.3 Å². The van der Waals surface area contributed by atoms with Gasteiger partial charge >= 0.3 is 0 Å². The van der Waals surface area contributed by atoms with Crippen LogP contribution in [0.4, 0.5) is 0 Å². The molecule has 0 aliphatic heterocycles. The molecule has 0 N–H and O–H groups in total. The van der Waals surface area contributed by atoms with Gasteiger partial charge in [-0.05, 0) is 37.6 Å².